The van der Waals surface area contributed by atoms with E-state index in [1.54, 1.807) is 18.2 Å². The quantitative estimate of drug-likeness (QED) is 0.627. The molecule has 1 aromatic carbocycles. The average Bonchev–Trinajstić information content (AvgIpc) is 2.28. The lowest BCUT2D eigenvalue weighted by molar-refractivity contribution is -0.104. The van der Waals surface area contributed by atoms with Crippen LogP contribution in [0.2, 0.25) is 0 Å². The summed E-state index contributed by atoms with van der Waals surface area (Å²) in [6, 6.07) is 5.18. The molecule has 2 aromatic rings. The van der Waals surface area contributed by atoms with Crippen molar-refractivity contribution in [2.45, 2.75) is 0 Å². The molecular weight excluding hydrogens is 272 g/mol. The third kappa shape index (κ3) is 1.97. The minimum absolute atomic E-state index is 0.146. The maximum absolute atomic E-state index is 11.9. The van der Waals surface area contributed by atoms with Crippen LogP contribution in [0.3, 0.4) is 0 Å². The maximum Gasteiger partial charge on any atom is 0.199 e. The van der Waals surface area contributed by atoms with Gasteiger partial charge in [-0.25, -0.2) is 0 Å². The third-order valence-electron chi connectivity index (χ3n) is 2.12. The Morgan fingerprint density at radius 3 is 2.88 bits per heavy atom. The van der Waals surface area contributed by atoms with Crippen molar-refractivity contribution >= 4 is 39.3 Å². The number of aldehydes is 1. The normalized spacial score (nSPS) is 11.1. The van der Waals surface area contributed by atoms with E-state index in [0.29, 0.717) is 22.8 Å². The number of allylic oxidation sites excluding steroid dienone is 1. The molecule has 4 heteroatoms. The van der Waals surface area contributed by atoms with Crippen LogP contribution in [0.25, 0.3) is 17.0 Å². The summed E-state index contributed by atoms with van der Waals surface area (Å²) in [5, 5.41) is 0.497. The number of hydrogen-bond acceptors (Lipinski definition) is 3. The van der Waals surface area contributed by atoms with Crippen LogP contribution in [0.5, 0.6) is 0 Å². The number of carbonyl (C=O) groups excluding carboxylic acids is 1. The van der Waals surface area contributed by atoms with Crippen LogP contribution in [0.15, 0.2) is 44.2 Å². The molecule has 2 rings (SSSR count). The van der Waals surface area contributed by atoms with Gasteiger partial charge in [0.05, 0.1) is 10.9 Å². The Hall–Kier alpha value is -1.68. The number of carbonyl (C=O) groups is 1. The Morgan fingerprint density at radius 1 is 1.31 bits per heavy atom. The van der Waals surface area contributed by atoms with Crippen molar-refractivity contribution in [3.05, 3.63) is 50.8 Å². The first kappa shape index (κ1) is 10.8. The number of halogens is 1. The Bertz CT molecular complexity index is 626. The van der Waals surface area contributed by atoms with Crippen LogP contribution in [-0.4, -0.2) is 6.29 Å². The van der Waals surface area contributed by atoms with E-state index in [-0.39, 0.29) is 5.43 Å². The molecule has 0 saturated heterocycles. The smallest absolute Gasteiger partial charge is 0.199 e. The van der Waals surface area contributed by atoms with Crippen molar-refractivity contribution in [2.75, 3.05) is 0 Å². The molecule has 3 nitrogen and oxygen atoms in total. The summed E-state index contributed by atoms with van der Waals surface area (Å²) in [7, 11) is 0. The Morgan fingerprint density at radius 2 is 2.12 bits per heavy atom. The van der Waals surface area contributed by atoms with Gasteiger partial charge >= 0.3 is 0 Å². The first-order chi connectivity index (χ1) is 7.72. The number of hydrogen-bond donors (Lipinski definition) is 0. The zero-order valence-electron chi connectivity index (χ0n) is 8.14. The highest BCUT2D eigenvalue weighted by atomic mass is 79.9. The van der Waals surface area contributed by atoms with E-state index in [9.17, 15) is 9.59 Å². The highest BCUT2D eigenvalue weighted by molar-refractivity contribution is 9.10. The molecule has 0 atom stereocenters. The zero-order chi connectivity index (χ0) is 11.5. The molecule has 0 fully saturated rings. The Kier molecular flexibility index (Phi) is 3.01. The van der Waals surface area contributed by atoms with Gasteiger partial charge in [0, 0.05) is 4.47 Å². The van der Waals surface area contributed by atoms with Gasteiger partial charge in [-0.2, -0.15) is 0 Å². The molecule has 0 N–H and O–H groups in total. The molecule has 0 bridgehead atoms. The van der Waals surface area contributed by atoms with Crippen LogP contribution in [-0.2, 0) is 4.79 Å². The van der Waals surface area contributed by atoms with Crippen LogP contribution < -0.4 is 5.43 Å². The van der Waals surface area contributed by atoms with Gasteiger partial charge in [-0.15, -0.1) is 0 Å². The molecular formula is C12H7BrO3. The molecule has 0 unspecified atom stereocenters. The number of benzene rings is 1. The summed E-state index contributed by atoms with van der Waals surface area (Å²) in [5.41, 5.74) is 0.733. The molecule has 0 aliphatic heterocycles. The van der Waals surface area contributed by atoms with E-state index in [1.807, 2.05) is 0 Å². The van der Waals surface area contributed by atoms with E-state index in [2.05, 4.69) is 15.9 Å². The van der Waals surface area contributed by atoms with E-state index in [4.69, 9.17) is 4.42 Å². The molecule has 0 aliphatic carbocycles. The maximum atomic E-state index is 11.9. The average molecular weight is 279 g/mol. The largest absolute Gasteiger partial charge is 0.463 e. The fourth-order valence-electron chi connectivity index (χ4n) is 1.38. The molecule has 1 heterocycles. The minimum Gasteiger partial charge on any atom is -0.463 e. The first-order valence-corrected chi connectivity index (χ1v) is 5.34. The molecule has 0 amide bonds. The van der Waals surface area contributed by atoms with Crippen LogP contribution in [0, 0.1) is 0 Å². The fourth-order valence-corrected chi connectivity index (χ4v) is 1.72. The van der Waals surface area contributed by atoms with Gasteiger partial charge in [0.15, 0.2) is 5.43 Å². The molecule has 0 saturated carbocycles. The summed E-state index contributed by atoms with van der Waals surface area (Å²) >= 11 is 3.30. The van der Waals surface area contributed by atoms with Crippen LogP contribution >= 0.6 is 15.9 Å². The predicted molar refractivity (Wildman–Crippen MR) is 65.3 cm³/mol. The van der Waals surface area contributed by atoms with Crippen molar-refractivity contribution in [2.24, 2.45) is 0 Å². The zero-order valence-corrected chi connectivity index (χ0v) is 9.73. The van der Waals surface area contributed by atoms with Crippen molar-refractivity contribution in [1.82, 2.24) is 0 Å². The SMILES string of the molecule is O=CC=Cc1coc2cc(Br)ccc2c1=O. The molecule has 0 aliphatic rings. The Balaban J connectivity index is 2.70. The van der Waals surface area contributed by atoms with Gasteiger partial charge in [0.2, 0.25) is 0 Å². The Labute approximate surface area is 99.5 Å². The van der Waals surface area contributed by atoms with E-state index >= 15 is 0 Å². The van der Waals surface area contributed by atoms with E-state index in [0.717, 1.165) is 4.47 Å². The van der Waals surface area contributed by atoms with E-state index in [1.165, 1.54) is 18.4 Å². The molecule has 16 heavy (non-hydrogen) atoms. The van der Waals surface area contributed by atoms with Crippen LogP contribution in [0.1, 0.15) is 5.56 Å². The molecule has 0 spiro atoms. The lowest BCUT2D eigenvalue weighted by Gasteiger charge is -1.98. The van der Waals surface area contributed by atoms with E-state index < -0.39 is 0 Å². The summed E-state index contributed by atoms with van der Waals surface area (Å²) in [6.07, 6.45) is 4.65. The second-order valence-corrected chi connectivity index (χ2v) is 4.07. The van der Waals surface area contributed by atoms with Gasteiger partial charge in [0.25, 0.3) is 0 Å². The van der Waals surface area contributed by atoms with Gasteiger partial charge in [0.1, 0.15) is 18.1 Å². The minimum atomic E-state index is -0.146. The summed E-state index contributed by atoms with van der Waals surface area (Å²) in [6.45, 7) is 0. The van der Waals surface area contributed by atoms with Crippen molar-refractivity contribution in [3.63, 3.8) is 0 Å². The van der Waals surface area contributed by atoms with Crippen molar-refractivity contribution in [3.8, 4) is 0 Å². The van der Waals surface area contributed by atoms with Crippen LogP contribution in [0.4, 0.5) is 0 Å². The first-order valence-electron chi connectivity index (χ1n) is 4.55. The lowest BCUT2D eigenvalue weighted by Crippen LogP contribution is -2.04. The topological polar surface area (TPSA) is 47.3 Å². The van der Waals surface area contributed by atoms with Crippen molar-refractivity contribution < 1.29 is 9.21 Å². The number of rotatable bonds is 2. The monoisotopic (exact) mass is 278 g/mol. The predicted octanol–water partition coefficient (Wildman–Crippen LogP) is 2.77. The standard InChI is InChI=1S/C12H7BrO3/c13-9-3-4-10-11(6-9)16-7-8(12(10)15)2-1-5-14/h1-7H. The van der Waals surface area contributed by atoms with Gasteiger partial charge in [-0.3, -0.25) is 9.59 Å². The molecule has 1 aromatic heterocycles. The summed E-state index contributed by atoms with van der Waals surface area (Å²) in [4.78, 5) is 22.1. The van der Waals surface area contributed by atoms with Gasteiger partial charge < -0.3 is 4.42 Å². The number of fused-ring (bicyclic) bond motifs is 1. The second kappa shape index (κ2) is 4.45. The molecule has 0 radical (unpaired) electrons. The fraction of sp³-hybridized carbons (Fsp3) is 0. The second-order valence-electron chi connectivity index (χ2n) is 3.16. The summed E-state index contributed by atoms with van der Waals surface area (Å²) < 4.78 is 6.15. The van der Waals surface area contributed by atoms with Gasteiger partial charge in [-0.1, -0.05) is 15.9 Å². The lowest BCUT2D eigenvalue weighted by atomic mass is 10.1. The summed E-state index contributed by atoms with van der Waals surface area (Å²) in [5.74, 6) is 0. The highest BCUT2D eigenvalue weighted by Crippen LogP contribution is 2.17. The third-order valence-corrected chi connectivity index (χ3v) is 2.61. The van der Waals surface area contributed by atoms with Gasteiger partial charge in [-0.05, 0) is 30.4 Å². The highest BCUT2D eigenvalue weighted by Gasteiger charge is 2.04. The molecule has 80 valence electrons. The van der Waals surface area contributed by atoms with Crippen molar-refractivity contribution in [1.29, 1.82) is 0 Å².